The van der Waals surface area contributed by atoms with Crippen molar-refractivity contribution >= 4 is 27.7 Å². The second kappa shape index (κ2) is 8.90. The van der Waals surface area contributed by atoms with Crippen molar-refractivity contribution in [2.45, 2.75) is 25.2 Å². The molecule has 0 aliphatic carbocycles. The van der Waals surface area contributed by atoms with E-state index in [0.717, 1.165) is 38.0 Å². The molecule has 31 heavy (non-hydrogen) atoms. The highest BCUT2D eigenvalue weighted by Crippen LogP contribution is 2.32. The van der Waals surface area contributed by atoms with Crippen molar-refractivity contribution < 1.29 is 4.79 Å². The lowest BCUT2D eigenvalue weighted by molar-refractivity contribution is -0.122. The number of nitrogens with zero attached hydrogens (tertiary/aromatic N) is 2. The van der Waals surface area contributed by atoms with Crippen molar-refractivity contribution in [1.29, 1.82) is 0 Å². The van der Waals surface area contributed by atoms with E-state index >= 15 is 0 Å². The molecular formula is C26H28N4O. The molecule has 1 fully saturated rings. The second-order valence-corrected chi connectivity index (χ2v) is 8.43. The minimum absolute atomic E-state index is 0.120. The van der Waals surface area contributed by atoms with Crippen LogP contribution in [0.1, 0.15) is 29.9 Å². The van der Waals surface area contributed by atoms with Crippen LogP contribution in [-0.2, 0) is 11.2 Å². The number of hydrogen-bond acceptors (Lipinski definition) is 3. The molecule has 0 atom stereocenters. The molecule has 1 amide bonds. The molecule has 4 aromatic rings. The fraction of sp³-hybridized carbons (Fsp3) is 0.308. The highest BCUT2D eigenvalue weighted by Gasteiger charge is 2.24. The number of carbonyl (C=O) groups excluding carboxylic acids is 1. The van der Waals surface area contributed by atoms with Crippen LogP contribution < -0.4 is 5.32 Å². The normalized spacial score (nSPS) is 15.5. The molecule has 2 N–H and O–H groups in total. The summed E-state index contributed by atoms with van der Waals surface area (Å²) in [5.41, 5.74) is 3.61. The Morgan fingerprint density at radius 2 is 1.84 bits per heavy atom. The summed E-state index contributed by atoms with van der Waals surface area (Å²) in [6.07, 6.45) is 6.93. The maximum absolute atomic E-state index is 12.5. The lowest BCUT2D eigenvalue weighted by Crippen LogP contribution is -2.41. The number of amides is 1. The third kappa shape index (κ3) is 4.32. The van der Waals surface area contributed by atoms with E-state index in [0.29, 0.717) is 19.0 Å². The molecule has 0 radical (unpaired) electrons. The van der Waals surface area contributed by atoms with Crippen LogP contribution in [0.5, 0.6) is 0 Å². The number of fused-ring (bicyclic) bond motifs is 2. The van der Waals surface area contributed by atoms with Crippen molar-refractivity contribution in [1.82, 2.24) is 20.2 Å². The van der Waals surface area contributed by atoms with Crippen LogP contribution in [-0.4, -0.2) is 47.0 Å². The minimum atomic E-state index is 0.120. The number of pyridine rings is 1. The fourth-order valence-electron chi connectivity index (χ4n) is 4.82. The van der Waals surface area contributed by atoms with Gasteiger partial charge in [-0.05, 0) is 72.3 Å². The number of rotatable bonds is 6. The molecule has 2 aromatic heterocycles. The fourth-order valence-corrected chi connectivity index (χ4v) is 4.82. The smallest absolute Gasteiger partial charge is 0.234 e. The predicted octanol–water partition coefficient (Wildman–Crippen LogP) is 4.25. The van der Waals surface area contributed by atoms with E-state index in [1.54, 1.807) is 0 Å². The number of benzene rings is 2. The van der Waals surface area contributed by atoms with Gasteiger partial charge in [-0.3, -0.25) is 9.69 Å². The van der Waals surface area contributed by atoms with Gasteiger partial charge in [-0.1, -0.05) is 42.5 Å². The molecule has 1 aliphatic heterocycles. The number of carbonyl (C=O) groups is 1. The van der Waals surface area contributed by atoms with E-state index in [4.69, 9.17) is 0 Å². The van der Waals surface area contributed by atoms with Crippen LogP contribution in [0.15, 0.2) is 67.0 Å². The summed E-state index contributed by atoms with van der Waals surface area (Å²) in [6.45, 7) is 3.06. The molecule has 0 bridgehead atoms. The molecule has 5 rings (SSSR count). The summed E-state index contributed by atoms with van der Waals surface area (Å²) in [7, 11) is 0. The maximum atomic E-state index is 12.5. The topological polar surface area (TPSA) is 61.0 Å². The number of piperidine rings is 1. The predicted molar refractivity (Wildman–Crippen MR) is 125 cm³/mol. The van der Waals surface area contributed by atoms with Gasteiger partial charge in [-0.25, -0.2) is 4.98 Å². The Bertz CT molecular complexity index is 1180. The van der Waals surface area contributed by atoms with Crippen LogP contribution in [0.3, 0.4) is 0 Å². The van der Waals surface area contributed by atoms with Gasteiger partial charge in [-0.15, -0.1) is 0 Å². The number of nitrogens with one attached hydrogen (secondary N) is 2. The summed E-state index contributed by atoms with van der Waals surface area (Å²) < 4.78 is 0. The van der Waals surface area contributed by atoms with E-state index in [-0.39, 0.29) is 5.91 Å². The van der Waals surface area contributed by atoms with Crippen molar-refractivity contribution in [3.05, 3.63) is 78.1 Å². The van der Waals surface area contributed by atoms with E-state index in [2.05, 4.69) is 74.9 Å². The SMILES string of the molecule is O=C(CN1CCC(c2c[nH]c3ncccc23)CC1)NCCc1cccc2ccccc12. The third-order valence-electron chi connectivity index (χ3n) is 6.47. The minimum Gasteiger partial charge on any atom is -0.355 e. The number of aromatic amines is 1. The first-order valence-electron chi connectivity index (χ1n) is 11.2. The molecule has 5 nitrogen and oxygen atoms in total. The van der Waals surface area contributed by atoms with Crippen LogP contribution in [0, 0.1) is 0 Å². The van der Waals surface area contributed by atoms with E-state index in [1.165, 1.54) is 27.3 Å². The van der Waals surface area contributed by atoms with Crippen LogP contribution in [0.25, 0.3) is 21.8 Å². The molecule has 0 saturated carbocycles. The number of hydrogen-bond donors (Lipinski definition) is 2. The summed E-state index contributed by atoms with van der Waals surface area (Å²) in [4.78, 5) is 22.4. The van der Waals surface area contributed by atoms with Gasteiger partial charge in [-0.2, -0.15) is 0 Å². The van der Waals surface area contributed by atoms with Gasteiger partial charge in [0, 0.05) is 24.3 Å². The molecule has 5 heteroatoms. The third-order valence-corrected chi connectivity index (χ3v) is 6.47. The Balaban J connectivity index is 1.10. The quantitative estimate of drug-likeness (QED) is 0.498. The molecule has 1 saturated heterocycles. The summed E-state index contributed by atoms with van der Waals surface area (Å²) >= 11 is 0. The lowest BCUT2D eigenvalue weighted by atomic mass is 9.89. The van der Waals surface area contributed by atoms with Gasteiger partial charge in [0.05, 0.1) is 6.54 Å². The van der Waals surface area contributed by atoms with E-state index < -0.39 is 0 Å². The summed E-state index contributed by atoms with van der Waals surface area (Å²) in [5.74, 6) is 0.651. The van der Waals surface area contributed by atoms with Gasteiger partial charge < -0.3 is 10.3 Å². The van der Waals surface area contributed by atoms with Crippen molar-refractivity contribution in [3.63, 3.8) is 0 Å². The molecular weight excluding hydrogens is 384 g/mol. The molecule has 0 spiro atoms. The highest BCUT2D eigenvalue weighted by atomic mass is 16.2. The number of H-pyrrole nitrogens is 1. The van der Waals surface area contributed by atoms with Crippen molar-refractivity contribution in [2.24, 2.45) is 0 Å². The van der Waals surface area contributed by atoms with E-state index in [9.17, 15) is 4.79 Å². The monoisotopic (exact) mass is 412 g/mol. The maximum Gasteiger partial charge on any atom is 0.234 e. The van der Waals surface area contributed by atoms with Crippen LogP contribution in [0.2, 0.25) is 0 Å². The summed E-state index contributed by atoms with van der Waals surface area (Å²) in [6, 6.07) is 18.9. The van der Waals surface area contributed by atoms with Gasteiger partial charge >= 0.3 is 0 Å². The molecule has 0 unspecified atom stereocenters. The Hall–Kier alpha value is -3.18. The standard InChI is InChI=1S/C26H28N4O/c31-25(27-14-10-20-7-3-6-19-5-1-2-8-22(19)20)18-30-15-11-21(12-16-30)24-17-29-26-23(24)9-4-13-28-26/h1-9,13,17,21H,10-12,14-16,18H2,(H,27,31)(H,28,29). The molecule has 2 aromatic carbocycles. The largest absolute Gasteiger partial charge is 0.355 e. The van der Waals surface area contributed by atoms with Gasteiger partial charge in [0.25, 0.3) is 0 Å². The number of likely N-dealkylation sites (tertiary alicyclic amines) is 1. The van der Waals surface area contributed by atoms with Crippen LogP contribution >= 0.6 is 0 Å². The van der Waals surface area contributed by atoms with Gasteiger partial charge in [0.2, 0.25) is 5.91 Å². The Morgan fingerprint density at radius 3 is 2.74 bits per heavy atom. The highest BCUT2D eigenvalue weighted by molar-refractivity contribution is 5.85. The zero-order chi connectivity index (χ0) is 21.0. The first-order valence-corrected chi connectivity index (χ1v) is 11.2. The second-order valence-electron chi connectivity index (χ2n) is 8.43. The summed E-state index contributed by atoms with van der Waals surface area (Å²) in [5, 5.41) is 6.86. The lowest BCUT2D eigenvalue weighted by Gasteiger charge is -2.31. The Morgan fingerprint density at radius 1 is 1.03 bits per heavy atom. The average Bonchev–Trinajstić information content (AvgIpc) is 3.24. The van der Waals surface area contributed by atoms with Crippen molar-refractivity contribution in [3.8, 4) is 0 Å². The zero-order valence-electron chi connectivity index (χ0n) is 17.7. The first kappa shape index (κ1) is 19.8. The zero-order valence-corrected chi connectivity index (χ0v) is 17.7. The first-order chi connectivity index (χ1) is 15.3. The molecule has 1 aliphatic rings. The molecule has 3 heterocycles. The van der Waals surface area contributed by atoms with Crippen molar-refractivity contribution in [2.75, 3.05) is 26.2 Å². The Kier molecular flexibility index (Phi) is 5.67. The van der Waals surface area contributed by atoms with Crippen LogP contribution in [0.4, 0.5) is 0 Å². The van der Waals surface area contributed by atoms with Gasteiger partial charge in [0.1, 0.15) is 5.65 Å². The van der Waals surface area contributed by atoms with E-state index in [1.807, 2.05) is 12.3 Å². The average molecular weight is 413 g/mol. The number of aromatic nitrogens is 2. The Labute approximate surface area is 182 Å². The van der Waals surface area contributed by atoms with Gasteiger partial charge in [0.15, 0.2) is 0 Å². The molecule has 158 valence electrons.